The number of alkyl halides is 1. The highest BCUT2D eigenvalue weighted by atomic mass is 35.5. The highest BCUT2D eigenvalue weighted by Gasteiger charge is 1.92. The molecule has 2 nitrogen and oxygen atoms in total. The van der Waals surface area contributed by atoms with E-state index in [1.54, 1.807) is 0 Å². The molecule has 0 aromatic carbocycles. The molecule has 0 heterocycles. The Labute approximate surface area is 62.0 Å². The molecule has 0 saturated carbocycles. The van der Waals surface area contributed by atoms with Gasteiger partial charge in [0.1, 0.15) is 17.7 Å². The van der Waals surface area contributed by atoms with Crippen LogP contribution in [0.5, 0.6) is 0 Å². The minimum Gasteiger partial charge on any atom is -0.346 e. The first-order chi connectivity index (χ1) is 2.81. The second-order valence-electron chi connectivity index (χ2n) is 0.583. The summed E-state index contributed by atoms with van der Waals surface area (Å²) in [6.07, 6.45) is 0. The van der Waals surface area contributed by atoms with Gasteiger partial charge in [0, 0.05) is 0 Å². The van der Waals surface area contributed by atoms with E-state index in [1.165, 1.54) is 0 Å². The number of halogens is 2. The van der Waals surface area contributed by atoms with Gasteiger partial charge in [-0.25, -0.2) is 4.79 Å². The molecule has 0 amide bonds. The van der Waals surface area contributed by atoms with Crippen molar-refractivity contribution in [3.05, 3.63) is 0 Å². The first kappa shape index (κ1) is 10.5. The van der Waals surface area contributed by atoms with E-state index in [-0.39, 0.29) is 23.2 Å². The number of hydrogen-bond donors (Lipinski definition) is 0. The summed E-state index contributed by atoms with van der Waals surface area (Å²) in [5, 5.41) is 0. The summed E-state index contributed by atoms with van der Waals surface area (Å²) in [4.78, 5) is 9.69. The molecule has 0 N–H and O–H groups in total. The summed E-state index contributed by atoms with van der Waals surface area (Å²) in [6.45, 7) is 0. The van der Waals surface area contributed by atoms with Gasteiger partial charge < -0.3 is 4.29 Å². The lowest BCUT2D eigenvalue weighted by molar-refractivity contribution is -0.131. The van der Waals surface area contributed by atoms with E-state index in [0.29, 0.717) is 0 Å². The molecule has 0 spiro atoms. The van der Waals surface area contributed by atoms with Gasteiger partial charge in [0.2, 0.25) is 0 Å². The molecule has 0 saturated heterocycles. The fraction of sp³-hybridized carbons (Fsp3) is 0.500. The Kier molecular flexibility index (Phi) is 9.91. The van der Waals surface area contributed by atoms with Gasteiger partial charge in [0.15, 0.2) is 17.4 Å². The standard InChI is InChI=1S/C2H2Cl2O2.Al.3H/c3-1-2(5)6-4;;;;/h1H2;;;;. The summed E-state index contributed by atoms with van der Waals surface area (Å²) in [7, 11) is 0. The predicted octanol–water partition coefficient (Wildman–Crippen LogP) is -0.262. The number of carbonyl (C=O) groups is 1. The molecule has 0 radical (unpaired) electrons. The van der Waals surface area contributed by atoms with Crippen LogP contribution in [0.25, 0.3) is 0 Å². The maximum absolute atomic E-state index is 9.69. The molecule has 0 aliphatic heterocycles. The van der Waals surface area contributed by atoms with Crippen molar-refractivity contribution < 1.29 is 9.08 Å². The molecule has 0 atom stereocenters. The lowest BCUT2D eigenvalue weighted by Crippen LogP contribution is -1.95. The average Bonchev–Trinajstić information content (AvgIpc) is 1.65. The van der Waals surface area contributed by atoms with Crippen molar-refractivity contribution in [3.63, 3.8) is 0 Å². The van der Waals surface area contributed by atoms with Gasteiger partial charge >= 0.3 is 5.97 Å². The largest absolute Gasteiger partial charge is 0.346 e. The third-order valence-corrected chi connectivity index (χ3v) is 0.585. The van der Waals surface area contributed by atoms with Crippen LogP contribution in [0.2, 0.25) is 0 Å². The van der Waals surface area contributed by atoms with E-state index < -0.39 is 5.97 Å². The maximum atomic E-state index is 9.69. The third kappa shape index (κ3) is 6.58. The molecular weight excluding hydrogens is 154 g/mol. The van der Waals surface area contributed by atoms with E-state index in [0.717, 1.165) is 0 Å². The molecule has 42 valence electrons. The fourth-order valence-corrected chi connectivity index (χ4v) is 0.186. The van der Waals surface area contributed by atoms with E-state index >= 15 is 0 Å². The summed E-state index contributed by atoms with van der Waals surface area (Å²) < 4.78 is 3.60. The zero-order chi connectivity index (χ0) is 4.99. The van der Waals surface area contributed by atoms with E-state index in [2.05, 4.69) is 16.2 Å². The Bertz CT molecular complexity index is 51.7. The minimum absolute atomic E-state index is 0. The number of rotatable bonds is 1. The van der Waals surface area contributed by atoms with E-state index in [4.69, 9.17) is 11.6 Å². The smallest absolute Gasteiger partial charge is 0.339 e. The van der Waals surface area contributed by atoms with Crippen LogP contribution in [0.15, 0.2) is 0 Å². The van der Waals surface area contributed by atoms with Crippen molar-refractivity contribution >= 4 is 46.8 Å². The SMILES string of the molecule is O=C(CCl)OCl.[AlH3]. The van der Waals surface area contributed by atoms with Crippen LogP contribution < -0.4 is 0 Å². The highest BCUT2D eigenvalue weighted by Crippen LogP contribution is 1.83. The molecule has 0 bridgehead atoms. The van der Waals surface area contributed by atoms with Gasteiger partial charge in [0.05, 0.1) is 0 Å². The van der Waals surface area contributed by atoms with Crippen molar-refractivity contribution in [2.75, 3.05) is 5.88 Å². The second kappa shape index (κ2) is 6.58. The normalized spacial score (nSPS) is 6.57. The summed E-state index contributed by atoms with van der Waals surface area (Å²) in [5.74, 6) is -0.818. The van der Waals surface area contributed by atoms with Crippen molar-refractivity contribution in [3.8, 4) is 0 Å². The van der Waals surface area contributed by atoms with Gasteiger partial charge in [-0.3, -0.25) is 0 Å². The van der Waals surface area contributed by atoms with Crippen LogP contribution in [0.4, 0.5) is 0 Å². The van der Waals surface area contributed by atoms with Crippen LogP contribution in [0.3, 0.4) is 0 Å². The van der Waals surface area contributed by atoms with Gasteiger partial charge in [-0.05, 0) is 0 Å². The molecule has 0 aromatic heterocycles. The molecule has 0 fully saturated rings. The fourth-order valence-electron chi connectivity index (χ4n) is 0.0206. The highest BCUT2D eigenvalue weighted by molar-refractivity contribution is 6.28. The second-order valence-corrected chi connectivity index (χ2v) is 1.00. The van der Waals surface area contributed by atoms with Crippen molar-refractivity contribution in [1.82, 2.24) is 0 Å². The van der Waals surface area contributed by atoms with Crippen LogP contribution in [0, 0.1) is 0 Å². The first-order valence-electron chi connectivity index (χ1n) is 1.18. The van der Waals surface area contributed by atoms with Gasteiger partial charge in [-0.15, -0.1) is 11.6 Å². The third-order valence-electron chi connectivity index (χ3n) is 0.195. The first-order valence-corrected chi connectivity index (χ1v) is 2.03. The van der Waals surface area contributed by atoms with Crippen molar-refractivity contribution in [2.45, 2.75) is 0 Å². The van der Waals surface area contributed by atoms with E-state index in [9.17, 15) is 4.79 Å². The van der Waals surface area contributed by atoms with Gasteiger partial charge in [-0.1, -0.05) is 0 Å². The molecule has 0 rings (SSSR count). The summed E-state index contributed by atoms with van der Waals surface area (Å²) in [6, 6.07) is 0. The van der Waals surface area contributed by atoms with Crippen LogP contribution in [-0.4, -0.2) is 29.2 Å². The van der Waals surface area contributed by atoms with Gasteiger partial charge in [-0.2, -0.15) is 0 Å². The monoisotopic (exact) mass is 158 g/mol. The Morgan fingerprint density at radius 1 is 1.71 bits per heavy atom. The minimum atomic E-state index is -0.627. The zero-order valence-electron chi connectivity index (χ0n) is 2.78. The van der Waals surface area contributed by atoms with Crippen molar-refractivity contribution in [1.29, 1.82) is 0 Å². The summed E-state index contributed by atoms with van der Waals surface area (Å²) in [5.41, 5.74) is 0. The quantitative estimate of drug-likeness (QED) is 0.389. The Morgan fingerprint density at radius 3 is 2.14 bits per heavy atom. The number of carbonyl (C=O) groups excluding carboxylic acids is 1. The Morgan fingerprint density at radius 2 is 2.14 bits per heavy atom. The predicted molar refractivity (Wildman–Crippen MR) is 32.6 cm³/mol. The Balaban J connectivity index is 0. The molecule has 5 heteroatoms. The van der Waals surface area contributed by atoms with Crippen LogP contribution in [-0.2, 0) is 9.08 Å². The lowest BCUT2D eigenvalue weighted by atomic mass is 10.8. The molecule has 0 aliphatic rings. The topological polar surface area (TPSA) is 26.3 Å². The lowest BCUT2D eigenvalue weighted by Gasteiger charge is -1.80. The van der Waals surface area contributed by atoms with Crippen molar-refractivity contribution in [2.24, 2.45) is 0 Å². The number of hydrogen-bond acceptors (Lipinski definition) is 2. The molecular formula is C2H5AlCl2O2. The Hall–Kier alpha value is 0.582. The molecule has 0 aliphatic carbocycles. The van der Waals surface area contributed by atoms with Crippen LogP contribution in [0.1, 0.15) is 0 Å². The molecule has 0 unspecified atom stereocenters. The van der Waals surface area contributed by atoms with Gasteiger partial charge in [0.25, 0.3) is 0 Å². The zero-order valence-corrected chi connectivity index (χ0v) is 4.29. The molecule has 7 heavy (non-hydrogen) atoms. The molecule has 0 aromatic rings. The van der Waals surface area contributed by atoms with Crippen LogP contribution >= 0.6 is 23.5 Å². The van der Waals surface area contributed by atoms with E-state index in [1.807, 2.05) is 0 Å². The average molecular weight is 159 g/mol. The summed E-state index contributed by atoms with van der Waals surface area (Å²) >= 11 is 9.41. The maximum Gasteiger partial charge on any atom is 0.339 e.